The Hall–Kier alpha value is -2.51. The van der Waals surface area contributed by atoms with Gasteiger partial charge in [0.2, 0.25) is 5.43 Å². The molecule has 0 spiro atoms. The number of hydrogen-bond donors (Lipinski definition) is 2. The van der Waals surface area contributed by atoms with E-state index in [1.165, 1.54) is 18.5 Å². The lowest BCUT2D eigenvalue weighted by Crippen LogP contribution is -2.28. The Morgan fingerprint density at radius 3 is 2.62 bits per heavy atom. The average Bonchev–Trinajstić information content (AvgIpc) is 2.61. The molecule has 0 bridgehead atoms. The number of carbonyl (C=O) groups excluding carboxylic acids is 1. The van der Waals surface area contributed by atoms with Gasteiger partial charge in [0.1, 0.15) is 11.4 Å². The van der Waals surface area contributed by atoms with Crippen LogP contribution in [-0.4, -0.2) is 21.4 Å². The summed E-state index contributed by atoms with van der Waals surface area (Å²) in [6, 6.07) is 9.34. The molecular weight excluding hydrogens is 379 g/mol. The molecule has 0 aliphatic rings. The minimum atomic E-state index is -1.46. The van der Waals surface area contributed by atoms with Crippen LogP contribution in [0.4, 0.5) is 4.39 Å². The van der Waals surface area contributed by atoms with Crippen molar-refractivity contribution in [2.45, 2.75) is 11.4 Å². The number of carbonyl (C=O) groups is 1. The Kier molecular flexibility index (Phi) is 5.20. The molecule has 134 valence electrons. The Bertz CT molecular complexity index is 1080. The van der Waals surface area contributed by atoms with Gasteiger partial charge in [-0.15, -0.1) is 0 Å². The summed E-state index contributed by atoms with van der Waals surface area (Å²) < 4.78 is 25.7. The highest BCUT2D eigenvalue weighted by atomic mass is 35.5. The van der Waals surface area contributed by atoms with E-state index in [2.05, 4.69) is 10.3 Å². The zero-order valence-electron chi connectivity index (χ0n) is 13.6. The van der Waals surface area contributed by atoms with E-state index in [9.17, 15) is 18.2 Å². The number of aromatic nitrogens is 1. The van der Waals surface area contributed by atoms with Crippen molar-refractivity contribution < 1.29 is 13.4 Å². The quantitative estimate of drug-likeness (QED) is 0.716. The molecule has 3 rings (SSSR count). The van der Waals surface area contributed by atoms with Gasteiger partial charge >= 0.3 is 0 Å². The molecule has 0 fully saturated rings. The van der Waals surface area contributed by atoms with Gasteiger partial charge in [0.25, 0.3) is 5.91 Å². The maximum Gasteiger partial charge on any atom is 0.257 e. The maximum absolute atomic E-state index is 14.1. The third-order valence-corrected chi connectivity index (χ3v) is 5.01. The predicted molar refractivity (Wildman–Crippen MR) is 99.5 cm³/mol. The summed E-state index contributed by atoms with van der Waals surface area (Å²) in [7, 11) is -1.46. The molecule has 0 saturated heterocycles. The van der Waals surface area contributed by atoms with Gasteiger partial charge in [-0.05, 0) is 29.8 Å². The number of rotatable bonds is 4. The minimum absolute atomic E-state index is 0.0191. The van der Waals surface area contributed by atoms with Gasteiger partial charge in [-0.2, -0.15) is 0 Å². The lowest BCUT2D eigenvalue weighted by molar-refractivity contribution is 0.0949. The second-order valence-electron chi connectivity index (χ2n) is 5.62. The molecule has 2 N–H and O–H groups in total. The van der Waals surface area contributed by atoms with Crippen molar-refractivity contribution in [2.75, 3.05) is 6.26 Å². The van der Waals surface area contributed by atoms with E-state index >= 15 is 0 Å². The normalized spacial score (nSPS) is 12.1. The SMILES string of the molecule is CS(=O)c1cc(F)c2[nH]cc(C(=O)NCc3ccc(Cl)cc3)c(=O)c2c1. The third kappa shape index (κ3) is 3.68. The summed E-state index contributed by atoms with van der Waals surface area (Å²) in [6.07, 6.45) is 2.56. The Labute approximate surface area is 155 Å². The number of hydrogen-bond acceptors (Lipinski definition) is 3. The second kappa shape index (κ2) is 7.39. The molecule has 1 aromatic heterocycles. The lowest BCUT2D eigenvalue weighted by Gasteiger charge is -2.08. The number of pyridine rings is 1. The molecule has 5 nitrogen and oxygen atoms in total. The molecule has 3 aromatic rings. The minimum Gasteiger partial charge on any atom is -0.358 e. The van der Waals surface area contributed by atoms with Gasteiger partial charge in [-0.3, -0.25) is 13.8 Å². The van der Waals surface area contributed by atoms with Gasteiger partial charge < -0.3 is 10.3 Å². The van der Waals surface area contributed by atoms with Crippen LogP contribution in [0.2, 0.25) is 5.02 Å². The number of nitrogens with one attached hydrogen (secondary N) is 2. The van der Waals surface area contributed by atoms with E-state index in [0.717, 1.165) is 11.6 Å². The molecule has 0 radical (unpaired) electrons. The van der Waals surface area contributed by atoms with Gasteiger partial charge in [-0.1, -0.05) is 23.7 Å². The number of H-pyrrole nitrogens is 1. The van der Waals surface area contributed by atoms with Crippen molar-refractivity contribution in [1.82, 2.24) is 10.3 Å². The van der Waals surface area contributed by atoms with Crippen molar-refractivity contribution in [3.8, 4) is 0 Å². The third-order valence-electron chi connectivity index (χ3n) is 3.86. The molecule has 0 aliphatic carbocycles. The summed E-state index contributed by atoms with van der Waals surface area (Å²) in [6.45, 7) is 0.209. The molecule has 1 amide bonds. The number of halogens is 2. The summed E-state index contributed by atoms with van der Waals surface area (Å²) in [5.41, 5.74) is 0.0107. The Morgan fingerprint density at radius 2 is 1.96 bits per heavy atom. The van der Waals surface area contributed by atoms with E-state index in [0.29, 0.717) is 5.02 Å². The number of fused-ring (bicyclic) bond motifs is 1. The van der Waals surface area contributed by atoms with Crippen LogP contribution in [0.1, 0.15) is 15.9 Å². The first-order valence-electron chi connectivity index (χ1n) is 7.58. The molecule has 8 heteroatoms. The first kappa shape index (κ1) is 18.3. The lowest BCUT2D eigenvalue weighted by atomic mass is 10.1. The smallest absolute Gasteiger partial charge is 0.257 e. The van der Waals surface area contributed by atoms with Crippen molar-refractivity contribution in [3.05, 3.63) is 74.8 Å². The molecule has 26 heavy (non-hydrogen) atoms. The summed E-state index contributed by atoms with van der Waals surface area (Å²) in [4.78, 5) is 27.7. The largest absolute Gasteiger partial charge is 0.358 e. The number of benzene rings is 2. The average molecular weight is 393 g/mol. The van der Waals surface area contributed by atoms with Crippen molar-refractivity contribution >= 4 is 39.2 Å². The summed E-state index contributed by atoms with van der Waals surface area (Å²) >= 11 is 5.81. The van der Waals surface area contributed by atoms with E-state index in [1.54, 1.807) is 24.3 Å². The highest BCUT2D eigenvalue weighted by Crippen LogP contribution is 2.18. The zero-order chi connectivity index (χ0) is 18.8. The fraction of sp³-hybridized carbons (Fsp3) is 0.111. The number of amides is 1. The van der Waals surface area contributed by atoms with Crippen molar-refractivity contribution in [1.29, 1.82) is 0 Å². The van der Waals surface area contributed by atoms with Gasteiger partial charge in [0, 0.05) is 39.7 Å². The summed E-state index contributed by atoms with van der Waals surface area (Å²) in [5, 5.41) is 3.20. The number of aromatic amines is 1. The van der Waals surface area contributed by atoms with Crippen molar-refractivity contribution in [3.63, 3.8) is 0 Å². The fourth-order valence-electron chi connectivity index (χ4n) is 2.48. The zero-order valence-corrected chi connectivity index (χ0v) is 15.2. The van der Waals surface area contributed by atoms with Gasteiger partial charge in [-0.25, -0.2) is 4.39 Å². The van der Waals surface area contributed by atoms with Crippen molar-refractivity contribution in [2.24, 2.45) is 0 Å². The first-order chi connectivity index (χ1) is 12.4. The second-order valence-corrected chi connectivity index (χ2v) is 7.44. The van der Waals surface area contributed by atoms with Crippen LogP contribution in [0.3, 0.4) is 0 Å². The van der Waals surface area contributed by atoms with E-state index in [-0.39, 0.29) is 27.9 Å². The van der Waals surface area contributed by atoms with E-state index < -0.39 is 28.0 Å². The Morgan fingerprint density at radius 1 is 1.27 bits per heavy atom. The molecule has 0 saturated carbocycles. The molecule has 0 aliphatic heterocycles. The molecule has 1 heterocycles. The molecular formula is C18H14ClFN2O3S. The predicted octanol–water partition coefficient (Wildman–Crippen LogP) is 2.99. The van der Waals surface area contributed by atoms with Crippen LogP contribution in [-0.2, 0) is 17.3 Å². The van der Waals surface area contributed by atoms with Gasteiger partial charge in [0.15, 0.2) is 0 Å². The monoisotopic (exact) mass is 392 g/mol. The molecule has 1 atom stereocenters. The standard InChI is InChI=1S/C18H14ClFN2O3S/c1-26(25)12-6-13-16(15(20)7-12)21-9-14(17(13)23)18(24)22-8-10-2-4-11(19)5-3-10/h2-7,9H,8H2,1H3,(H,21,23)(H,22,24). The van der Waals surface area contributed by atoms with Gasteiger partial charge in [0.05, 0.1) is 10.9 Å². The highest BCUT2D eigenvalue weighted by molar-refractivity contribution is 7.84. The van der Waals surface area contributed by atoms with Crippen LogP contribution >= 0.6 is 11.6 Å². The van der Waals surface area contributed by atoms with Crippen LogP contribution in [0, 0.1) is 5.82 Å². The Balaban J connectivity index is 1.93. The van der Waals surface area contributed by atoms with Crippen LogP contribution in [0.25, 0.3) is 10.9 Å². The summed E-state index contributed by atoms with van der Waals surface area (Å²) in [5.74, 6) is -1.29. The topological polar surface area (TPSA) is 79.0 Å². The molecule has 1 unspecified atom stereocenters. The highest BCUT2D eigenvalue weighted by Gasteiger charge is 2.16. The van der Waals surface area contributed by atoms with Crippen LogP contribution in [0.5, 0.6) is 0 Å². The van der Waals surface area contributed by atoms with E-state index in [1.807, 2.05) is 0 Å². The van der Waals surface area contributed by atoms with Crippen LogP contribution in [0.15, 0.2) is 52.3 Å². The first-order valence-corrected chi connectivity index (χ1v) is 9.51. The van der Waals surface area contributed by atoms with Crippen LogP contribution < -0.4 is 10.7 Å². The fourth-order valence-corrected chi connectivity index (χ4v) is 3.16. The maximum atomic E-state index is 14.1. The van der Waals surface area contributed by atoms with E-state index in [4.69, 9.17) is 11.6 Å². The molecule has 2 aromatic carbocycles.